The zero-order valence-corrected chi connectivity index (χ0v) is 15.2. The summed E-state index contributed by atoms with van der Waals surface area (Å²) in [6, 6.07) is 3.86. The SMILES string of the molecule is COc1cc([N+](=O)[O-])ccc1NC(=O)CCN1C(=O)[C@@H]2[C@@H](C1=O)[C@H]1C=C[C@H]2C1. The Bertz CT molecular complexity index is 881. The number of nitro benzene ring substituents is 1. The number of likely N-dealkylation sites (tertiary alicyclic amines) is 1. The van der Waals surface area contributed by atoms with E-state index in [-0.39, 0.29) is 65.6 Å². The summed E-state index contributed by atoms with van der Waals surface area (Å²) in [5.41, 5.74) is 0.133. The third kappa shape index (κ3) is 2.83. The largest absolute Gasteiger partial charge is 0.494 e. The molecule has 1 saturated heterocycles. The molecule has 1 heterocycles. The van der Waals surface area contributed by atoms with Crippen molar-refractivity contribution in [3.05, 3.63) is 40.5 Å². The maximum absolute atomic E-state index is 12.6. The van der Waals surface area contributed by atoms with Crippen LogP contribution in [0.5, 0.6) is 5.75 Å². The molecule has 1 aromatic rings. The minimum Gasteiger partial charge on any atom is -0.494 e. The molecule has 9 nitrogen and oxygen atoms in total. The summed E-state index contributed by atoms with van der Waals surface area (Å²) in [6.45, 7) is 0.0191. The van der Waals surface area contributed by atoms with Crippen LogP contribution >= 0.6 is 0 Å². The predicted molar refractivity (Wildman–Crippen MR) is 97.3 cm³/mol. The lowest BCUT2D eigenvalue weighted by molar-refractivity contribution is -0.384. The first-order valence-electron chi connectivity index (χ1n) is 9.06. The third-order valence-corrected chi connectivity index (χ3v) is 5.79. The highest BCUT2D eigenvalue weighted by atomic mass is 16.6. The van der Waals surface area contributed by atoms with E-state index in [4.69, 9.17) is 4.74 Å². The zero-order valence-electron chi connectivity index (χ0n) is 15.2. The van der Waals surface area contributed by atoms with Crippen LogP contribution in [-0.4, -0.2) is 41.2 Å². The highest BCUT2D eigenvalue weighted by Crippen LogP contribution is 2.52. The number of allylic oxidation sites excluding steroid dienone is 2. The summed E-state index contributed by atoms with van der Waals surface area (Å²) < 4.78 is 5.09. The monoisotopic (exact) mass is 385 g/mol. The number of methoxy groups -OCH3 is 1. The number of ether oxygens (including phenoxy) is 1. The molecule has 0 spiro atoms. The number of hydrogen-bond donors (Lipinski definition) is 1. The first-order valence-corrected chi connectivity index (χ1v) is 9.06. The van der Waals surface area contributed by atoms with Crippen LogP contribution in [0.3, 0.4) is 0 Å². The van der Waals surface area contributed by atoms with E-state index in [0.717, 1.165) is 6.42 Å². The molecule has 1 aromatic carbocycles. The van der Waals surface area contributed by atoms with Crippen LogP contribution in [0.15, 0.2) is 30.4 Å². The van der Waals surface area contributed by atoms with Crippen LogP contribution < -0.4 is 10.1 Å². The van der Waals surface area contributed by atoms with Crippen LogP contribution in [-0.2, 0) is 14.4 Å². The van der Waals surface area contributed by atoms with Crippen molar-refractivity contribution in [1.29, 1.82) is 0 Å². The van der Waals surface area contributed by atoms with Gasteiger partial charge in [0.2, 0.25) is 17.7 Å². The number of amides is 3. The summed E-state index contributed by atoms with van der Waals surface area (Å²) >= 11 is 0. The van der Waals surface area contributed by atoms with Crippen molar-refractivity contribution in [3.63, 3.8) is 0 Å². The van der Waals surface area contributed by atoms with Gasteiger partial charge in [0.1, 0.15) is 5.75 Å². The molecule has 2 fully saturated rings. The summed E-state index contributed by atoms with van der Waals surface area (Å²) in [5, 5.41) is 13.4. The lowest BCUT2D eigenvalue weighted by Crippen LogP contribution is -2.35. The topological polar surface area (TPSA) is 119 Å². The molecule has 4 rings (SSSR count). The second kappa shape index (κ2) is 6.74. The van der Waals surface area contributed by atoms with E-state index < -0.39 is 10.8 Å². The van der Waals surface area contributed by atoms with Gasteiger partial charge in [-0.1, -0.05) is 12.2 Å². The minimum atomic E-state index is -0.558. The molecule has 1 N–H and O–H groups in total. The number of benzene rings is 1. The molecule has 9 heteroatoms. The Morgan fingerprint density at radius 2 is 1.89 bits per heavy atom. The average Bonchev–Trinajstić information content (AvgIpc) is 3.35. The van der Waals surface area contributed by atoms with Gasteiger partial charge in [-0.05, 0) is 24.3 Å². The smallest absolute Gasteiger partial charge is 0.273 e. The molecule has 0 radical (unpaired) electrons. The van der Waals surface area contributed by atoms with Crippen molar-refractivity contribution in [2.75, 3.05) is 19.0 Å². The van der Waals surface area contributed by atoms with Gasteiger partial charge in [0.05, 0.1) is 35.6 Å². The van der Waals surface area contributed by atoms with Gasteiger partial charge in [-0.2, -0.15) is 0 Å². The summed E-state index contributed by atoms with van der Waals surface area (Å²) in [6.07, 6.45) is 4.85. The molecular weight excluding hydrogens is 366 g/mol. The second-order valence-corrected chi connectivity index (χ2v) is 7.27. The van der Waals surface area contributed by atoms with Gasteiger partial charge in [-0.25, -0.2) is 0 Å². The number of fused-ring (bicyclic) bond motifs is 5. The molecule has 2 aliphatic carbocycles. The van der Waals surface area contributed by atoms with Gasteiger partial charge in [0.15, 0.2) is 0 Å². The van der Waals surface area contributed by atoms with Crippen molar-refractivity contribution in [3.8, 4) is 5.75 Å². The standard InChI is InChI=1S/C19H19N3O6/c1-28-14-9-12(22(26)27)4-5-13(14)20-15(23)6-7-21-18(24)16-10-2-3-11(8-10)17(16)19(21)25/h2-5,9-11,16-17H,6-8H2,1H3,(H,20,23)/t10-,11-,16-,17-/m0/s1. The zero-order chi connectivity index (χ0) is 20.0. The van der Waals surface area contributed by atoms with Gasteiger partial charge in [0, 0.05) is 19.0 Å². The summed E-state index contributed by atoms with van der Waals surface area (Å²) in [5.74, 6) is -0.913. The van der Waals surface area contributed by atoms with Gasteiger partial charge in [0.25, 0.3) is 5.69 Å². The number of hydrogen-bond acceptors (Lipinski definition) is 6. The van der Waals surface area contributed by atoms with E-state index in [2.05, 4.69) is 5.32 Å². The Morgan fingerprint density at radius 3 is 2.46 bits per heavy atom. The number of anilines is 1. The quantitative estimate of drug-likeness (QED) is 0.345. The predicted octanol–water partition coefficient (Wildman–Crippen LogP) is 1.74. The lowest BCUT2D eigenvalue weighted by Gasteiger charge is -2.17. The van der Waals surface area contributed by atoms with E-state index in [1.165, 1.54) is 30.2 Å². The van der Waals surface area contributed by atoms with Crippen LogP contribution in [0.4, 0.5) is 11.4 Å². The number of nitrogens with zero attached hydrogens (tertiary/aromatic N) is 2. The molecule has 28 heavy (non-hydrogen) atoms. The third-order valence-electron chi connectivity index (χ3n) is 5.79. The highest BCUT2D eigenvalue weighted by molar-refractivity contribution is 6.06. The van der Waals surface area contributed by atoms with E-state index in [9.17, 15) is 24.5 Å². The Balaban J connectivity index is 1.39. The summed E-state index contributed by atoms with van der Waals surface area (Å²) in [4.78, 5) is 49.0. The first kappa shape index (κ1) is 18.1. The number of carbonyl (C=O) groups is 3. The normalized spacial score (nSPS) is 27.2. The fourth-order valence-electron chi connectivity index (χ4n) is 4.51. The Kier molecular flexibility index (Phi) is 4.37. The van der Waals surface area contributed by atoms with E-state index in [0.29, 0.717) is 0 Å². The number of carbonyl (C=O) groups excluding carboxylic acids is 3. The molecule has 2 bridgehead atoms. The molecule has 3 amide bonds. The maximum Gasteiger partial charge on any atom is 0.273 e. The number of imide groups is 1. The minimum absolute atomic E-state index is 0.0191. The molecule has 4 atom stereocenters. The van der Waals surface area contributed by atoms with Crippen LogP contribution in [0.2, 0.25) is 0 Å². The van der Waals surface area contributed by atoms with Crippen LogP contribution in [0.1, 0.15) is 12.8 Å². The van der Waals surface area contributed by atoms with E-state index in [1.54, 1.807) is 0 Å². The molecule has 1 aliphatic heterocycles. The van der Waals surface area contributed by atoms with Crippen molar-refractivity contribution in [2.24, 2.45) is 23.7 Å². The van der Waals surface area contributed by atoms with E-state index in [1.807, 2.05) is 12.2 Å². The number of nitro groups is 1. The Morgan fingerprint density at radius 1 is 1.25 bits per heavy atom. The molecule has 0 unspecified atom stereocenters. The number of nitrogens with one attached hydrogen (secondary N) is 1. The molecular formula is C19H19N3O6. The molecule has 1 saturated carbocycles. The van der Waals surface area contributed by atoms with Crippen molar-refractivity contribution < 1.29 is 24.0 Å². The van der Waals surface area contributed by atoms with E-state index >= 15 is 0 Å². The molecule has 146 valence electrons. The second-order valence-electron chi connectivity index (χ2n) is 7.27. The van der Waals surface area contributed by atoms with Gasteiger partial charge in [-0.3, -0.25) is 29.4 Å². The van der Waals surface area contributed by atoms with Crippen molar-refractivity contribution in [2.45, 2.75) is 12.8 Å². The van der Waals surface area contributed by atoms with Crippen LogP contribution in [0, 0.1) is 33.8 Å². The Hall–Kier alpha value is -3.23. The summed E-state index contributed by atoms with van der Waals surface area (Å²) in [7, 11) is 1.34. The Labute approximate surface area is 160 Å². The fraction of sp³-hybridized carbons (Fsp3) is 0.421. The van der Waals surface area contributed by atoms with Crippen molar-refractivity contribution >= 4 is 29.1 Å². The number of rotatable bonds is 6. The van der Waals surface area contributed by atoms with Crippen molar-refractivity contribution in [1.82, 2.24) is 4.90 Å². The molecule has 3 aliphatic rings. The number of non-ortho nitro benzene ring substituents is 1. The average molecular weight is 385 g/mol. The van der Waals surface area contributed by atoms with Gasteiger partial charge < -0.3 is 10.1 Å². The molecule has 0 aromatic heterocycles. The van der Waals surface area contributed by atoms with Gasteiger partial charge >= 0.3 is 0 Å². The highest BCUT2D eigenvalue weighted by Gasteiger charge is 2.59. The first-order chi connectivity index (χ1) is 13.4. The van der Waals surface area contributed by atoms with Gasteiger partial charge in [-0.15, -0.1) is 0 Å². The fourth-order valence-corrected chi connectivity index (χ4v) is 4.51. The maximum atomic E-state index is 12.6. The van der Waals surface area contributed by atoms with Crippen LogP contribution in [0.25, 0.3) is 0 Å². The lowest BCUT2D eigenvalue weighted by atomic mass is 9.85.